The Morgan fingerprint density at radius 2 is 2.12 bits per heavy atom. The summed E-state index contributed by atoms with van der Waals surface area (Å²) in [7, 11) is 1.77. The van der Waals surface area contributed by atoms with Gasteiger partial charge in [-0.05, 0) is 18.1 Å². The zero-order valence-corrected chi connectivity index (χ0v) is 11.0. The predicted molar refractivity (Wildman–Crippen MR) is 75.3 cm³/mol. The maximum absolute atomic E-state index is 9.20. The lowest BCUT2D eigenvalue weighted by Crippen LogP contribution is -2.26. The fourth-order valence-electron chi connectivity index (χ4n) is 1.47. The van der Waals surface area contributed by atoms with Gasteiger partial charge in [0, 0.05) is 12.6 Å². The first-order valence-corrected chi connectivity index (χ1v) is 5.69. The lowest BCUT2D eigenvalue weighted by atomic mass is 10.0. The number of hydrazine groups is 2. The summed E-state index contributed by atoms with van der Waals surface area (Å²) in [5.41, 5.74) is 6.32. The van der Waals surface area contributed by atoms with Gasteiger partial charge in [-0.1, -0.05) is 31.3 Å². The van der Waals surface area contributed by atoms with E-state index in [9.17, 15) is 5.11 Å². The number of nitrogens with two attached hydrogens (primary N) is 2. The smallest absolute Gasteiger partial charge is 0.0755 e. The number of aliphatic hydroxyl groups is 1. The van der Waals surface area contributed by atoms with Crippen molar-refractivity contribution in [1.29, 1.82) is 0 Å². The highest BCUT2D eigenvalue weighted by Crippen LogP contribution is 2.21. The summed E-state index contributed by atoms with van der Waals surface area (Å²) in [6.45, 7) is 2.11. The highest BCUT2D eigenvalue weighted by atomic mass is 32.1. The monoisotopic (exact) mass is 256 g/mol. The molecule has 0 spiro atoms. The number of nitrogens with zero attached hydrogens (tertiary/aromatic N) is 1. The van der Waals surface area contributed by atoms with Crippen LogP contribution < -0.4 is 22.1 Å². The zero-order valence-electron chi connectivity index (χ0n) is 10.2. The Hall–Kier alpha value is -1.21. The number of nitrogens with one attached hydrogen (secondary N) is 1. The van der Waals surface area contributed by atoms with Gasteiger partial charge < -0.3 is 15.5 Å². The average Bonchev–Trinajstić information content (AvgIpc) is 2.37. The third kappa shape index (κ3) is 5.10. The number of rotatable bonds is 4. The SMILES string of the molecule is CCc1cccc(N(C)N)c1CO.NNC=S. The van der Waals surface area contributed by atoms with Crippen LogP contribution in [0.15, 0.2) is 18.2 Å². The molecule has 6 N–H and O–H groups in total. The van der Waals surface area contributed by atoms with Crippen LogP contribution in [-0.4, -0.2) is 17.6 Å². The van der Waals surface area contributed by atoms with Gasteiger partial charge in [-0.3, -0.25) is 5.84 Å². The molecule has 0 heterocycles. The van der Waals surface area contributed by atoms with Gasteiger partial charge >= 0.3 is 0 Å². The standard InChI is InChI=1S/C10H16N2O.CH4N2S/c1-3-8-5-4-6-10(12(2)11)9(8)7-13;2-3-1-4/h4-6,13H,3,7,11H2,1-2H3;1H,2H2,(H,3,4). The molecule has 0 saturated heterocycles. The Morgan fingerprint density at radius 1 is 1.53 bits per heavy atom. The van der Waals surface area contributed by atoms with Gasteiger partial charge in [0.2, 0.25) is 0 Å². The van der Waals surface area contributed by atoms with Crippen LogP contribution >= 0.6 is 12.2 Å². The summed E-state index contributed by atoms with van der Waals surface area (Å²) in [4.78, 5) is 0. The molecule has 0 bridgehead atoms. The van der Waals surface area contributed by atoms with E-state index in [-0.39, 0.29) is 6.61 Å². The van der Waals surface area contributed by atoms with Crippen LogP contribution in [0.2, 0.25) is 0 Å². The van der Waals surface area contributed by atoms with Crippen molar-refractivity contribution in [1.82, 2.24) is 5.43 Å². The molecule has 1 rings (SSSR count). The number of anilines is 1. The maximum atomic E-state index is 9.20. The van der Waals surface area contributed by atoms with E-state index in [2.05, 4.69) is 30.4 Å². The van der Waals surface area contributed by atoms with Gasteiger partial charge in [-0.25, -0.2) is 5.84 Å². The Bertz CT molecular complexity index is 344. The maximum Gasteiger partial charge on any atom is 0.0755 e. The first-order valence-electron chi connectivity index (χ1n) is 5.22. The van der Waals surface area contributed by atoms with Gasteiger partial charge in [0.1, 0.15) is 0 Å². The highest BCUT2D eigenvalue weighted by Gasteiger charge is 2.07. The third-order valence-corrected chi connectivity index (χ3v) is 2.37. The lowest BCUT2D eigenvalue weighted by molar-refractivity contribution is 0.281. The van der Waals surface area contributed by atoms with Crippen LogP contribution in [0.1, 0.15) is 18.1 Å². The summed E-state index contributed by atoms with van der Waals surface area (Å²) in [6, 6.07) is 5.87. The molecule has 6 heteroatoms. The van der Waals surface area contributed by atoms with Crippen LogP contribution in [-0.2, 0) is 13.0 Å². The van der Waals surface area contributed by atoms with E-state index in [1.165, 1.54) is 10.5 Å². The number of hydrogen-bond acceptors (Lipinski definition) is 5. The molecule has 0 unspecified atom stereocenters. The Morgan fingerprint density at radius 3 is 2.47 bits per heavy atom. The number of hydrogen-bond donors (Lipinski definition) is 4. The molecule has 0 amide bonds. The summed E-state index contributed by atoms with van der Waals surface area (Å²) in [6.07, 6.45) is 0.914. The van der Waals surface area contributed by atoms with Crippen LogP contribution in [0, 0.1) is 0 Å². The fourth-order valence-corrected chi connectivity index (χ4v) is 1.47. The number of aliphatic hydroxyl groups excluding tert-OH is 1. The van der Waals surface area contributed by atoms with Crippen LogP contribution in [0.4, 0.5) is 5.69 Å². The molecule has 1 aromatic carbocycles. The molecule has 0 aliphatic carbocycles. The second kappa shape index (κ2) is 8.89. The van der Waals surface area contributed by atoms with E-state index in [4.69, 9.17) is 5.84 Å². The van der Waals surface area contributed by atoms with Crippen molar-refractivity contribution in [3.05, 3.63) is 29.3 Å². The van der Waals surface area contributed by atoms with E-state index in [1.807, 2.05) is 18.2 Å². The fraction of sp³-hybridized carbons (Fsp3) is 0.364. The molecule has 5 nitrogen and oxygen atoms in total. The van der Waals surface area contributed by atoms with Gasteiger partial charge in [-0.15, -0.1) is 0 Å². The van der Waals surface area contributed by atoms with E-state index in [0.717, 1.165) is 23.2 Å². The van der Waals surface area contributed by atoms with E-state index in [0.29, 0.717) is 0 Å². The topological polar surface area (TPSA) is 87.5 Å². The van der Waals surface area contributed by atoms with Crippen molar-refractivity contribution in [2.24, 2.45) is 11.7 Å². The number of thiocarbonyl (C=S) groups is 1. The molecule has 0 saturated carbocycles. The molecule has 96 valence electrons. The Balaban J connectivity index is 0.000000557. The van der Waals surface area contributed by atoms with Crippen LogP contribution in [0.5, 0.6) is 0 Å². The summed E-state index contributed by atoms with van der Waals surface area (Å²) in [5.74, 6) is 10.3. The van der Waals surface area contributed by atoms with Crippen molar-refractivity contribution in [2.45, 2.75) is 20.0 Å². The minimum Gasteiger partial charge on any atom is -0.392 e. The normalized spacial score (nSPS) is 9.00. The average molecular weight is 256 g/mol. The highest BCUT2D eigenvalue weighted by molar-refractivity contribution is 7.78. The second-order valence-corrected chi connectivity index (χ2v) is 3.56. The molecule has 1 aromatic rings. The Labute approximate surface area is 107 Å². The quantitative estimate of drug-likeness (QED) is 0.356. The molecule has 0 aliphatic rings. The summed E-state index contributed by atoms with van der Waals surface area (Å²) >= 11 is 4.19. The largest absolute Gasteiger partial charge is 0.392 e. The molecule has 0 atom stereocenters. The first-order chi connectivity index (χ1) is 8.12. The van der Waals surface area contributed by atoms with Crippen molar-refractivity contribution in [3.8, 4) is 0 Å². The molecule has 0 aromatic heterocycles. The molecular weight excluding hydrogens is 236 g/mol. The van der Waals surface area contributed by atoms with Crippen LogP contribution in [0.3, 0.4) is 0 Å². The van der Waals surface area contributed by atoms with E-state index < -0.39 is 0 Å². The summed E-state index contributed by atoms with van der Waals surface area (Å²) in [5, 5.41) is 10.7. The molecule has 0 aliphatic heterocycles. The zero-order chi connectivity index (χ0) is 13.3. The number of aryl methyl sites for hydroxylation is 1. The van der Waals surface area contributed by atoms with Crippen LogP contribution in [0.25, 0.3) is 0 Å². The lowest BCUT2D eigenvalue weighted by Gasteiger charge is -2.18. The predicted octanol–water partition coefficient (Wildman–Crippen LogP) is 0.458. The minimum atomic E-state index is 0.0425. The molecular formula is C11H20N4OS. The van der Waals surface area contributed by atoms with E-state index >= 15 is 0 Å². The van der Waals surface area contributed by atoms with E-state index in [1.54, 1.807) is 7.05 Å². The van der Waals surface area contributed by atoms with Gasteiger partial charge in [0.05, 0.1) is 17.8 Å². The molecule has 17 heavy (non-hydrogen) atoms. The van der Waals surface area contributed by atoms with Gasteiger partial charge in [-0.2, -0.15) is 0 Å². The minimum absolute atomic E-state index is 0.0425. The van der Waals surface area contributed by atoms with Gasteiger partial charge in [0.25, 0.3) is 0 Å². The number of benzene rings is 1. The second-order valence-electron chi connectivity index (χ2n) is 3.32. The molecule has 0 fully saturated rings. The van der Waals surface area contributed by atoms with Crippen molar-refractivity contribution in [2.75, 3.05) is 12.1 Å². The Kier molecular flexibility index (Phi) is 8.25. The summed E-state index contributed by atoms with van der Waals surface area (Å²) < 4.78 is 0. The van der Waals surface area contributed by atoms with Crippen molar-refractivity contribution >= 4 is 23.4 Å². The van der Waals surface area contributed by atoms with Gasteiger partial charge in [0.15, 0.2) is 0 Å². The first kappa shape index (κ1) is 15.8. The third-order valence-electron chi connectivity index (χ3n) is 2.24. The molecule has 0 radical (unpaired) electrons. The van der Waals surface area contributed by atoms with Crippen molar-refractivity contribution < 1.29 is 5.11 Å². The van der Waals surface area contributed by atoms with Crippen molar-refractivity contribution in [3.63, 3.8) is 0 Å².